The molecular formula is C14H23N3O2. The van der Waals surface area contributed by atoms with Crippen LogP contribution >= 0.6 is 0 Å². The van der Waals surface area contributed by atoms with Crippen LogP contribution in [0.4, 0.5) is 0 Å². The number of Topliss-reactive ketones (excluding diaryl/α,β-unsaturated/α-hetero) is 1. The second-order valence-electron chi connectivity index (χ2n) is 5.09. The molecule has 1 aromatic heterocycles. The fraction of sp³-hybridized carbons (Fsp3) is 0.571. The summed E-state index contributed by atoms with van der Waals surface area (Å²) in [6, 6.07) is 0. The van der Waals surface area contributed by atoms with Crippen LogP contribution < -0.4 is 5.32 Å². The molecule has 0 aliphatic rings. The SMILES string of the molecule is CC(=O)c1c(C)[nH]c(C(=O)NCCCN(C)C)c1C. The highest BCUT2D eigenvalue weighted by Crippen LogP contribution is 2.18. The van der Waals surface area contributed by atoms with E-state index in [2.05, 4.69) is 15.2 Å². The van der Waals surface area contributed by atoms with Gasteiger partial charge in [0.2, 0.25) is 0 Å². The standard InChI is InChI=1S/C14H23N3O2/c1-9-12(11(3)18)10(2)16-13(9)14(19)15-7-6-8-17(4)5/h16H,6-8H2,1-5H3,(H,15,19). The van der Waals surface area contributed by atoms with E-state index in [1.54, 1.807) is 6.92 Å². The first-order valence-corrected chi connectivity index (χ1v) is 6.47. The van der Waals surface area contributed by atoms with Gasteiger partial charge in [0.1, 0.15) is 5.69 Å². The van der Waals surface area contributed by atoms with Crippen LogP contribution in [0.5, 0.6) is 0 Å². The van der Waals surface area contributed by atoms with Crippen LogP contribution in [0.3, 0.4) is 0 Å². The molecule has 1 heterocycles. The first-order valence-electron chi connectivity index (χ1n) is 6.47. The van der Waals surface area contributed by atoms with Gasteiger partial charge < -0.3 is 15.2 Å². The number of ketones is 1. The number of carbonyl (C=O) groups excluding carboxylic acids is 2. The first kappa shape index (κ1) is 15.4. The summed E-state index contributed by atoms with van der Waals surface area (Å²) >= 11 is 0. The van der Waals surface area contributed by atoms with Gasteiger partial charge in [-0.1, -0.05) is 0 Å². The molecule has 0 spiro atoms. The Morgan fingerprint density at radius 3 is 2.37 bits per heavy atom. The molecule has 0 saturated carbocycles. The van der Waals surface area contributed by atoms with Crippen molar-refractivity contribution in [3.63, 3.8) is 0 Å². The number of aromatic amines is 1. The van der Waals surface area contributed by atoms with Crippen molar-refractivity contribution in [1.82, 2.24) is 15.2 Å². The molecule has 106 valence electrons. The summed E-state index contributed by atoms with van der Waals surface area (Å²) in [5.74, 6) is -0.162. The highest BCUT2D eigenvalue weighted by molar-refractivity contribution is 6.02. The number of hydrogen-bond acceptors (Lipinski definition) is 3. The van der Waals surface area contributed by atoms with Crippen molar-refractivity contribution in [2.45, 2.75) is 27.2 Å². The van der Waals surface area contributed by atoms with Crippen LogP contribution in [-0.4, -0.2) is 48.8 Å². The Morgan fingerprint density at radius 1 is 1.26 bits per heavy atom. The Kier molecular flexibility index (Phi) is 5.30. The highest BCUT2D eigenvalue weighted by atomic mass is 16.2. The van der Waals surface area contributed by atoms with E-state index in [0.29, 0.717) is 17.8 Å². The van der Waals surface area contributed by atoms with Gasteiger partial charge >= 0.3 is 0 Å². The summed E-state index contributed by atoms with van der Waals surface area (Å²) in [5.41, 5.74) is 2.60. The van der Waals surface area contributed by atoms with Crippen LogP contribution in [0.1, 0.15) is 45.4 Å². The van der Waals surface area contributed by atoms with Crippen molar-refractivity contribution in [3.05, 3.63) is 22.5 Å². The lowest BCUT2D eigenvalue weighted by Gasteiger charge is -2.09. The van der Waals surface area contributed by atoms with Gasteiger partial charge in [-0.2, -0.15) is 0 Å². The zero-order valence-electron chi connectivity index (χ0n) is 12.4. The lowest BCUT2D eigenvalue weighted by atomic mass is 10.1. The second kappa shape index (κ2) is 6.52. The molecule has 0 bridgehead atoms. The number of nitrogens with zero attached hydrogens (tertiary/aromatic N) is 1. The molecule has 0 aromatic carbocycles. The summed E-state index contributed by atoms with van der Waals surface area (Å²) in [4.78, 5) is 28.6. The average molecular weight is 265 g/mol. The average Bonchev–Trinajstić information content (AvgIpc) is 2.59. The predicted molar refractivity (Wildman–Crippen MR) is 75.8 cm³/mol. The Labute approximate surface area is 114 Å². The molecule has 0 aliphatic carbocycles. The monoisotopic (exact) mass is 265 g/mol. The molecule has 0 saturated heterocycles. The maximum Gasteiger partial charge on any atom is 0.268 e. The molecule has 0 atom stereocenters. The quantitative estimate of drug-likeness (QED) is 0.605. The van der Waals surface area contributed by atoms with Crippen LogP contribution in [0.15, 0.2) is 0 Å². The van der Waals surface area contributed by atoms with E-state index in [1.165, 1.54) is 6.92 Å². The minimum atomic E-state index is -0.146. The largest absolute Gasteiger partial charge is 0.354 e. The van der Waals surface area contributed by atoms with Gasteiger partial charge in [-0.25, -0.2) is 0 Å². The summed E-state index contributed by atoms with van der Waals surface area (Å²) in [5, 5.41) is 2.87. The molecule has 5 nitrogen and oxygen atoms in total. The summed E-state index contributed by atoms with van der Waals surface area (Å²) in [6.45, 7) is 6.69. The van der Waals surface area contributed by atoms with Crippen LogP contribution in [0, 0.1) is 13.8 Å². The molecule has 1 aromatic rings. The van der Waals surface area contributed by atoms with E-state index in [4.69, 9.17) is 0 Å². The zero-order chi connectivity index (χ0) is 14.6. The van der Waals surface area contributed by atoms with Gasteiger partial charge in [-0.15, -0.1) is 0 Å². The van der Waals surface area contributed by atoms with Crippen molar-refractivity contribution >= 4 is 11.7 Å². The van der Waals surface area contributed by atoms with Crippen molar-refractivity contribution in [2.75, 3.05) is 27.2 Å². The first-order chi connectivity index (χ1) is 8.84. The summed E-state index contributed by atoms with van der Waals surface area (Å²) < 4.78 is 0. The smallest absolute Gasteiger partial charge is 0.268 e. The Hall–Kier alpha value is -1.62. The number of amides is 1. The third kappa shape index (κ3) is 3.92. The molecule has 0 unspecified atom stereocenters. The minimum Gasteiger partial charge on any atom is -0.354 e. The van der Waals surface area contributed by atoms with Gasteiger partial charge in [0, 0.05) is 17.8 Å². The second-order valence-corrected chi connectivity index (χ2v) is 5.09. The molecule has 0 fully saturated rings. The molecule has 0 aliphatic heterocycles. The van der Waals surface area contributed by atoms with E-state index in [9.17, 15) is 9.59 Å². The third-order valence-corrected chi connectivity index (χ3v) is 3.08. The van der Waals surface area contributed by atoms with Gasteiger partial charge in [0.25, 0.3) is 5.91 Å². The molecule has 0 radical (unpaired) electrons. The summed E-state index contributed by atoms with van der Waals surface area (Å²) in [7, 11) is 4.00. The number of nitrogens with one attached hydrogen (secondary N) is 2. The Balaban J connectivity index is 2.68. The number of rotatable bonds is 6. The van der Waals surface area contributed by atoms with Crippen LogP contribution in [0.2, 0.25) is 0 Å². The van der Waals surface area contributed by atoms with Crippen molar-refractivity contribution in [3.8, 4) is 0 Å². The third-order valence-electron chi connectivity index (χ3n) is 3.08. The van der Waals surface area contributed by atoms with Gasteiger partial charge in [0.05, 0.1) is 0 Å². The van der Waals surface area contributed by atoms with Gasteiger partial charge in [-0.05, 0) is 53.4 Å². The topological polar surface area (TPSA) is 65.2 Å². The van der Waals surface area contributed by atoms with E-state index < -0.39 is 0 Å². The Bertz CT molecular complexity index is 475. The molecule has 2 N–H and O–H groups in total. The van der Waals surface area contributed by atoms with Crippen LogP contribution in [-0.2, 0) is 0 Å². The van der Waals surface area contributed by atoms with Crippen LogP contribution in [0.25, 0.3) is 0 Å². The maximum atomic E-state index is 12.0. The molecule has 1 amide bonds. The van der Waals surface area contributed by atoms with Crippen molar-refractivity contribution < 1.29 is 9.59 Å². The molecule has 5 heteroatoms. The number of aromatic nitrogens is 1. The zero-order valence-corrected chi connectivity index (χ0v) is 12.4. The van der Waals surface area contributed by atoms with Crippen molar-refractivity contribution in [1.29, 1.82) is 0 Å². The highest BCUT2D eigenvalue weighted by Gasteiger charge is 2.19. The number of hydrogen-bond donors (Lipinski definition) is 2. The number of carbonyl (C=O) groups is 2. The fourth-order valence-electron chi connectivity index (χ4n) is 2.19. The lowest BCUT2D eigenvalue weighted by molar-refractivity contribution is 0.0947. The normalized spacial score (nSPS) is 10.8. The van der Waals surface area contributed by atoms with E-state index in [0.717, 1.165) is 24.2 Å². The van der Waals surface area contributed by atoms with Gasteiger partial charge in [-0.3, -0.25) is 9.59 Å². The fourth-order valence-corrected chi connectivity index (χ4v) is 2.19. The minimum absolute atomic E-state index is 0.0158. The number of H-pyrrole nitrogens is 1. The lowest BCUT2D eigenvalue weighted by Crippen LogP contribution is -2.27. The number of aryl methyl sites for hydroxylation is 1. The predicted octanol–water partition coefficient (Wildman–Crippen LogP) is 1.52. The summed E-state index contributed by atoms with van der Waals surface area (Å²) in [6.07, 6.45) is 0.900. The Morgan fingerprint density at radius 2 is 1.89 bits per heavy atom. The van der Waals surface area contributed by atoms with Gasteiger partial charge in [0.15, 0.2) is 5.78 Å². The molecule has 19 heavy (non-hydrogen) atoms. The van der Waals surface area contributed by atoms with E-state index in [-0.39, 0.29) is 11.7 Å². The van der Waals surface area contributed by atoms with E-state index in [1.807, 2.05) is 21.0 Å². The molecular weight excluding hydrogens is 242 g/mol. The maximum absolute atomic E-state index is 12.0. The van der Waals surface area contributed by atoms with Crippen molar-refractivity contribution in [2.24, 2.45) is 0 Å². The molecule has 1 rings (SSSR count). The van der Waals surface area contributed by atoms with E-state index >= 15 is 0 Å².